The quantitative estimate of drug-likeness (QED) is 0.473. The molecule has 102 valence electrons. The first kappa shape index (κ1) is 16.4. The molecule has 0 aromatic carbocycles. The molecule has 0 fully saturated rings. The van der Waals surface area contributed by atoms with Crippen LogP contribution in [0.3, 0.4) is 0 Å². The zero-order chi connectivity index (χ0) is 13.1. The van der Waals surface area contributed by atoms with Crippen LogP contribution < -0.4 is 5.73 Å². The Morgan fingerprint density at radius 2 is 1.76 bits per heavy atom. The molecule has 0 bridgehead atoms. The fraction of sp³-hybridized carbons (Fsp3) is 0.923. The molecule has 0 amide bonds. The summed E-state index contributed by atoms with van der Waals surface area (Å²) in [6.45, 7) is 4.71. The normalized spacial score (nSPS) is 14.4. The van der Waals surface area contributed by atoms with Gasteiger partial charge < -0.3 is 15.2 Å². The van der Waals surface area contributed by atoms with Gasteiger partial charge in [0.15, 0.2) is 0 Å². The third kappa shape index (κ3) is 8.16. The van der Waals surface area contributed by atoms with Gasteiger partial charge in [0, 0.05) is 6.61 Å². The van der Waals surface area contributed by atoms with Gasteiger partial charge in [-0.2, -0.15) is 0 Å². The Morgan fingerprint density at radius 3 is 2.35 bits per heavy atom. The molecule has 0 radical (unpaired) electrons. The summed E-state index contributed by atoms with van der Waals surface area (Å²) < 4.78 is 10.00. The first-order valence-electron chi connectivity index (χ1n) is 6.49. The highest BCUT2D eigenvalue weighted by Gasteiger charge is 2.29. The van der Waals surface area contributed by atoms with Crippen LogP contribution >= 0.6 is 0 Å². The summed E-state index contributed by atoms with van der Waals surface area (Å²) in [6, 6.07) is 0. The first-order valence-corrected chi connectivity index (χ1v) is 6.49. The van der Waals surface area contributed by atoms with Gasteiger partial charge in [-0.25, -0.2) is 4.79 Å². The molecule has 1 unspecified atom stereocenters. The summed E-state index contributed by atoms with van der Waals surface area (Å²) in [5.74, 6) is -0.430. The van der Waals surface area contributed by atoms with Gasteiger partial charge in [-0.1, -0.05) is 39.0 Å². The van der Waals surface area contributed by atoms with E-state index in [0.29, 0.717) is 6.61 Å². The van der Waals surface area contributed by atoms with Crippen molar-refractivity contribution in [2.24, 2.45) is 5.73 Å². The lowest BCUT2D eigenvalue weighted by Gasteiger charge is -2.21. The van der Waals surface area contributed by atoms with Gasteiger partial charge in [-0.15, -0.1) is 0 Å². The van der Waals surface area contributed by atoms with E-state index in [2.05, 4.69) is 11.7 Å². The number of hydrogen-bond acceptors (Lipinski definition) is 4. The molecule has 0 saturated heterocycles. The van der Waals surface area contributed by atoms with E-state index in [4.69, 9.17) is 10.5 Å². The lowest BCUT2D eigenvalue weighted by atomic mass is 10.1. The van der Waals surface area contributed by atoms with E-state index in [0.717, 1.165) is 6.42 Å². The van der Waals surface area contributed by atoms with Crippen LogP contribution in [-0.4, -0.2) is 31.8 Å². The molecule has 0 spiro atoms. The largest absolute Gasteiger partial charge is 0.468 e. The maximum atomic E-state index is 11.2. The highest BCUT2D eigenvalue weighted by atomic mass is 16.5. The van der Waals surface area contributed by atoms with E-state index in [1.54, 1.807) is 6.92 Å². The Bertz CT molecular complexity index is 205. The molecule has 0 aromatic heterocycles. The van der Waals surface area contributed by atoms with Crippen molar-refractivity contribution < 1.29 is 14.3 Å². The molecule has 0 aliphatic carbocycles. The number of esters is 1. The van der Waals surface area contributed by atoms with Crippen molar-refractivity contribution in [1.29, 1.82) is 0 Å². The Kier molecular flexibility index (Phi) is 9.09. The lowest BCUT2D eigenvalue weighted by Crippen LogP contribution is -2.49. The smallest absolute Gasteiger partial charge is 0.327 e. The van der Waals surface area contributed by atoms with Crippen molar-refractivity contribution >= 4 is 5.97 Å². The lowest BCUT2D eigenvalue weighted by molar-refractivity contribution is -0.148. The molecule has 0 aliphatic heterocycles. The van der Waals surface area contributed by atoms with Crippen LogP contribution in [0.1, 0.15) is 52.4 Å². The second-order valence-electron chi connectivity index (χ2n) is 4.73. The molecule has 1 atom stereocenters. The Balaban J connectivity index is 3.42. The van der Waals surface area contributed by atoms with Crippen LogP contribution in [0.5, 0.6) is 0 Å². The van der Waals surface area contributed by atoms with Gasteiger partial charge in [-0.3, -0.25) is 0 Å². The molecule has 0 saturated carbocycles. The maximum Gasteiger partial charge on any atom is 0.327 e. The van der Waals surface area contributed by atoms with Crippen LogP contribution in [0.15, 0.2) is 0 Å². The summed E-state index contributed by atoms with van der Waals surface area (Å²) in [5.41, 5.74) is 4.72. The number of ether oxygens (including phenoxy) is 2. The molecule has 0 heterocycles. The summed E-state index contributed by atoms with van der Waals surface area (Å²) in [6.07, 6.45) is 7.34. The van der Waals surface area contributed by atoms with Crippen molar-refractivity contribution in [2.75, 3.05) is 20.3 Å². The number of unbranched alkanes of at least 4 members (excludes halogenated alkanes) is 5. The number of carbonyl (C=O) groups excluding carboxylic acids is 1. The second kappa shape index (κ2) is 9.42. The Labute approximate surface area is 105 Å². The fourth-order valence-electron chi connectivity index (χ4n) is 1.56. The highest BCUT2D eigenvalue weighted by molar-refractivity contribution is 5.80. The average molecular weight is 245 g/mol. The Morgan fingerprint density at radius 1 is 1.18 bits per heavy atom. The van der Waals surface area contributed by atoms with E-state index in [9.17, 15) is 4.79 Å². The van der Waals surface area contributed by atoms with E-state index in [1.165, 1.54) is 39.2 Å². The molecule has 0 aromatic rings. The van der Waals surface area contributed by atoms with Crippen molar-refractivity contribution in [3.8, 4) is 0 Å². The fourth-order valence-corrected chi connectivity index (χ4v) is 1.56. The SMILES string of the molecule is CCCCCCCCOCC(C)(N)C(=O)OC. The number of carbonyl (C=O) groups is 1. The molecule has 0 aliphatic rings. The third-order valence-corrected chi connectivity index (χ3v) is 2.70. The molecule has 0 rings (SSSR count). The van der Waals surface area contributed by atoms with Crippen molar-refractivity contribution in [3.63, 3.8) is 0 Å². The third-order valence-electron chi connectivity index (χ3n) is 2.70. The molecule has 17 heavy (non-hydrogen) atoms. The standard InChI is InChI=1S/C13H27NO3/c1-4-5-6-7-8-9-10-17-11-13(2,14)12(15)16-3/h4-11,14H2,1-3H3. The molecule has 2 N–H and O–H groups in total. The predicted octanol–water partition coefficient (Wildman–Crippen LogP) is 2.25. The van der Waals surface area contributed by atoms with E-state index >= 15 is 0 Å². The molecular weight excluding hydrogens is 218 g/mol. The van der Waals surface area contributed by atoms with Crippen LogP contribution in [0, 0.1) is 0 Å². The highest BCUT2D eigenvalue weighted by Crippen LogP contribution is 2.06. The first-order chi connectivity index (χ1) is 8.04. The Hall–Kier alpha value is -0.610. The van der Waals surface area contributed by atoms with Gasteiger partial charge in [-0.05, 0) is 13.3 Å². The summed E-state index contributed by atoms with van der Waals surface area (Å²) >= 11 is 0. The minimum absolute atomic E-state index is 0.217. The van der Waals surface area contributed by atoms with Crippen molar-refractivity contribution in [1.82, 2.24) is 0 Å². The van der Waals surface area contributed by atoms with Gasteiger partial charge in [0.2, 0.25) is 0 Å². The van der Waals surface area contributed by atoms with Crippen LogP contribution in [0.4, 0.5) is 0 Å². The van der Waals surface area contributed by atoms with Gasteiger partial charge in [0.1, 0.15) is 5.54 Å². The van der Waals surface area contributed by atoms with Crippen LogP contribution in [-0.2, 0) is 14.3 Å². The topological polar surface area (TPSA) is 61.5 Å². The monoisotopic (exact) mass is 245 g/mol. The minimum Gasteiger partial charge on any atom is -0.468 e. The van der Waals surface area contributed by atoms with Gasteiger partial charge in [0.05, 0.1) is 13.7 Å². The average Bonchev–Trinajstić information content (AvgIpc) is 2.31. The summed E-state index contributed by atoms with van der Waals surface area (Å²) in [4.78, 5) is 11.2. The van der Waals surface area contributed by atoms with Gasteiger partial charge in [0.25, 0.3) is 0 Å². The van der Waals surface area contributed by atoms with E-state index < -0.39 is 11.5 Å². The number of nitrogens with two attached hydrogens (primary N) is 1. The number of rotatable bonds is 10. The number of methoxy groups -OCH3 is 1. The van der Waals surface area contributed by atoms with Crippen molar-refractivity contribution in [2.45, 2.75) is 57.9 Å². The van der Waals surface area contributed by atoms with Gasteiger partial charge >= 0.3 is 5.97 Å². The van der Waals surface area contributed by atoms with E-state index in [1.807, 2.05) is 0 Å². The second-order valence-corrected chi connectivity index (χ2v) is 4.73. The van der Waals surface area contributed by atoms with Crippen LogP contribution in [0.2, 0.25) is 0 Å². The predicted molar refractivity (Wildman–Crippen MR) is 68.8 cm³/mol. The zero-order valence-electron chi connectivity index (χ0n) is 11.5. The summed E-state index contributed by atoms with van der Waals surface area (Å²) in [7, 11) is 1.33. The minimum atomic E-state index is -1.03. The summed E-state index contributed by atoms with van der Waals surface area (Å²) in [5, 5.41) is 0. The van der Waals surface area contributed by atoms with Crippen molar-refractivity contribution in [3.05, 3.63) is 0 Å². The van der Waals surface area contributed by atoms with Crippen LogP contribution in [0.25, 0.3) is 0 Å². The zero-order valence-corrected chi connectivity index (χ0v) is 11.5. The molecule has 4 nitrogen and oxygen atoms in total. The maximum absolute atomic E-state index is 11.2. The van der Waals surface area contributed by atoms with E-state index in [-0.39, 0.29) is 6.61 Å². The molecule has 4 heteroatoms. The number of hydrogen-bond donors (Lipinski definition) is 1. The molecular formula is C13H27NO3.